The van der Waals surface area contributed by atoms with Crippen LogP contribution < -0.4 is 5.32 Å². The fraction of sp³-hybridized carbons (Fsp3) is 1.00. The molecule has 0 aromatic carbocycles. The molecule has 0 radical (unpaired) electrons. The monoisotopic (exact) mass is 254 g/mol. The number of ether oxygens (including phenoxy) is 1. The van der Waals surface area contributed by atoms with Gasteiger partial charge in [0, 0.05) is 38.3 Å². The highest BCUT2D eigenvalue weighted by molar-refractivity contribution is 4.88. The minimum absolute atomic E-state index is 0.453. The Morgan fingerprint density at radius 1 is 1.39 bits per heavy atom. The first-order chi connectivity index (χ1) is 8.61. The summed E-state index contributed by atoms with van der Waals surface area (Å²) >= 11 is 0. The molecule has 0 aliphatic carbocycles. The normalized spacial score (nSPS) is 40.0. The molecule has 5 atom stereocenters. The van der Waals surface area contributed by atoms with E-state index in [9.17, 15) is 0 Å². The van der Waals surface area contributed by atoms with Crippen LogP contribution in [0.15, 0.2) is 0 Å². The van der Waals surface area contributed by atoms with E-state index >= 15 is 0 Å². The molecule has 1 N–H and O–H groups in total. The predicted octanol–water partition coefficient (Wildman–Crippen LogP) is 2.12. The lowest BCUT2D eigenvalue weighted by Crippen LogP contribution is -2.58. The Hall–Kier alpha value is -0.120. The summed E-state index contributed by atoms with van der Waals surface area (Å²) in [5.41, 5.74) is 0. The van der Waals surface area contributed by atoms with Gasteiger partial charge >= 0.3 is 0 Å². The molecule has 0 aromatic rings. The predicted molar refractivity (Wildman–Crippen MR) is 75.8 cm³/mol. The molecule has 0 saturated carbocycles. The molecule has 2 aliphatic heterocycles. The Balaban J connectivity index is 1.89. The van der Waals surface area contributed by atoms with Gasteiger partial charge in [0.05, 0.1) is 6.10 Å². The zero-order chi connectivity index (χ0) is 13.1. The van der Waals surface area contributed by atoms with Crippen LogP contribution in [0, 0.1) is 11.8 Å². The van der Waals surface area contributed by atoms with Crippen LogP contribution in [0.3, 0.4) is 0 Å². The molecule has 106 valence electrons. The fourth-order valence-electron chi connectivity index (χ4n) is 3.19. The quantitative estimate of drug-likeness (QED) is 0.832. The van der Waals surface area contributed by atoms with Crippen molar-refractivity contribution in [3.05, 3.63) is 0 Å². The van der Waals surface area contributed by atoms with Crippen LogP contribution in [0.2, 0.25) is 0 Å². The van der Waals surface area contributed by atoms with Crippen LogP contribution in [0.4, 0.5) is 0 Å². The average Bonchev–Trinajstić information content (AvgIpc) is 2.77. The molecule has 0 aromatic heterocycles. The number of rotatable bonds is 4. The van der Waals surface area contributed by atoms with E-state index < -0.39 is 0 Å². The van der Waals surface area contributed by atoms with Gasteiger partial charge < -0.3 is 10.1 Å². The lowest BCUT2D eigenvalue weighted by atomic mass is 9.94. The first-order valence-corrected chi connectivity index (χ1v) is 7.70. The first-order valence-electron chi connectivity index (χ1n) is 7.70. The third kappa shape index (κ3) is 3.25. The highest BCUT2D eigenvalue weighted by Gasteiger charge is 2.32. The summed E-state index contributed by atoms with van der Waals surface area (Å²) in [7, 11) is 0. The molecule has 3 nitrogen and oxygen atoms in total. The third-order valence-electron chi connectivity index (χ3n) is 5.06. The lowest BCUT2D eigenvalue weighted by Gasteiger charge is -2.42. The van der Waals surface area contributed by atoms with Crippen molar-refractivity contribution in [2.24, 2.45) is 11.8 Å². The standard InChI is InChI=1S/C15H30N2O/c1-5-11(2)15-10-17(12(3)8-16-15)9-14-6-7-18-13(14)4/h11-16H,5-10H2,1-4H3. The van der Waals surface area contributed by atoms with E-state index in [1.807, 2.05) is 0 Å². The molecule has 0 bridgehead atoms. The highest BCUT2D eigenvalue weighted by atomic mass is 16.5. The Kier molecular flexibility index (Phi) is 5.05. The second-order valence-electron chi connectivity index (χ2n) is 6.33. The second-order valence-corrected chi connectivity index (χ2v) is 6.33. The number of nitrogens with one attached hydrogen (secondary N) is 1. The average molecular weight is 254 g/mol. The van der Waals surface area contributed by atoms with Gasteiger partial charge in [0.15, 0.2) is 0 Å². The van der Waals surface area contributed by atoms with Crippen molar-refractivity contribution >= 4 is 0 Å². The van der Waals surface area contributed by atoms with Crippen LogP contribution in [0.1, 0.15) is 40.5 Å². The van der Waals surface area contributed by atoms with Crippen LogP contribution >= 0.6 is 0 Å². The summed E-state index contributed by atoms with van der Waals surface area (Å²) in [6.07, 6.45) is 2.96. The van der Waals surface area contributed by atoms with Crippen molar-refractivity contribution in [2.75, 3.05) is 26.2 Å². The topological polar surface area (TPSA) is 24.5 Å². The summed E-state index contributed by atoms with van der Waals surface area (Å²) in [4.78, 5) is 2.68. The molecular weight excluding hydrogens is 224 g/mol. The van der Waals surface area contributed by atoms with E-state index in [0.29, 0.717) is 18.2 Å². The summed E-state index contributed by atoms with van der Waals surface area (Å²) in [6.45, 7) is 13.8. The molecule has 18 heavy (non-hydrogen) atoms. The maximum atomic E-state index is 5.70. The summed E-state index contributed by atoms with van der Waals surface area (Å²) in [6, 6.07) is 1.34. The number of hydrogen-bond donors (Lipinski definition) is 1. The molecule has 0 spiro atoms. The Morgan fingerprint density at radius 3 is 2.78 bits per heavy atom. The molecule has 0 amide bonds. The van der Waals surface area contributed by atoms with E-state index in [4.69, 9.17) is 4.74 Å². The van der Waals surface area contributed by atoms with Crippen LogP contribution in [-0.2, 0) is 4.74 Å². The van der Waals surface area contributed by atoms with Gasteiger partial charge in [-0.15, -0.1) is 0 Å². The maximum absolute atomic E-state index is 5.70. The number of piperazine rings is 1. The van der Waals surface area contributed by atoms with Crippen molar-refractivity contribution in [2.45, 2.75) is 58.7 Å². The van der Waals surface area contributed by atoms with Gasteiger partial charge in [0.1, 0.15) is 0 Å². The van der Waals surface area contributed by atoms with Crippen molar-refractivity contribution in [1.29, 1.82) is 0 Å². The van der Waals surface area contributed by atoms with Gasteiger partial charge in [0.25, 0.3) is 0 Å². The minimum Gasteiger partial charge on any atom is -0.378 e. The van der Waals surface area contributed by atoms with Crippen molar-refractivity contribution < 1.29 is 4.74 Å². The van der Waals surface area contributed by atoms with E-state index in [-0.39, 0.29) is 0 Å². The van der Waals surface area contributed by atoms with Crippen LogP contribution in [0.5, 0.6) is 0 Å². The Bertz CT molecular complexity index is 259. The lowest BCUT2D eigenvalue weighted by molar-refractivity contribution is 0.0648. The smallest absolute Gasteiger partial charge is 0.0588 e. The van der Waals surface area contributed by atoms with Gasteiger partial charge in [-0.05, 0) is 32.1 Å². The van der Waals surface area contributed by atoms with E-state index in [1.165, 1.54) is 25.9 Å². The van der Waals surface area contributed by atoms with Crippen LogP contribution in [-0.4, -0.2) is 49.3 Å². The minimum atomic E-state index is 0.453. The van der Waals surface area contributed by atoms with Gasteiger partial charge in [-0.2, -0.15) is 0 Å². The zero-order valence-corrected chi connectivity index (χ0v) is 12.5. The molecule has 2 saturated heterocycles. The molecule has 5 unspecified atom stereocenters. The van der Waals surface area contributed by atoms with Crippen molar-refractivity contribution in [1.82, 2.24) is 10.2 Å². The maximum Gasteiger partial charge on any atom is 0.0588 e. The number of nitrogens with zero attached hydrogens (tertiary/aromatic N) is 1. The SMILES string of the molecule is CCC(C)C1CN(CC2CCOC2C)C(C)CN1. The molecular formula is C15H30N2O. The highest BCUT2D eigenvalue weighted by Crippen LogP contribution is 2.24. The van der Waals surface area contributed by atoms with Crippen LogP contribution in [0.25, 0.3) is 0 Å². The Morgan fingerprint density at radius 2 is 2.17 bits per heavy atom. The Labute approximate surface area is 112 Å². The summed E-state index contributed by atoms with van der Waals surface area (Å²) in [5, 5.41) is 3.71. The molecule has 2 fully saturated rings. The second kappa shape index (κ2) is 6.36. The van der Waals surface area contributed by atoms with E-state index in [0.717, 1.165) is 25.0 Å². The zero-order valence-electron chi connectivity index (χ0n) is 12.5. The van der Waals surface area contributed by atoms with Crippen molar-refractivity contribution in [3.8, 4) is 0 Å². The van der Waals surface area contributed by atoms with Gasteiger partial charge in [-0.1, -0.05) is 20.3 Å². The number of hydrogen-bond acceptors (Lipinski definition) is 3. The molecule has 2 rings (SSSR count). The molecule has 3 heteroatoms. The van der Waals surface area contributed by atoms with Gasteiger partial charge in [-0.25, -0.2) is 0 Å². The fourth-order valence-corrected chi connectivity index (χ4v) is 3.19. The molecule has 2 heterocycles. The van der Waals surface area contributed by atoms with Gasteiger partial charge in [-0.3, -0.25) is 4.90 Å². The molecule has 2 aliphatic rings. The van der Waals surface area contributed by atoms with E-state index in [1.54, 1.807) is 0 Å². The van der Waals surface area contributed by atoms with E-state index in [2.05, 4.69) is 37.9 Å². The van der Waals surface area contributed by atoms with Gasteiger partial charge in [0.2, 0.25) is 0 Å². The van der Waals surface area contributed by atoms with Crippen molar-refractivity contribution in [3.63, 3.8) is 0 Å². The third-order valence-corrected chi connectivity index (χ3v) is 5.06. The first kappa shape index (κ1) is 14.3. The largest absolute Gasteiger partial charge is 0.378 e. The summed E-state index contributed by atoms with van der Waals surface area (Å²) < 4.78 is 5.70. The summed E-state index contributed by atoms with van der Waals surface area (Å²) in [5.74, 6) is 1.51.